The minimum Gasteiger partial charge on any atom is -0.508 e. The Morgan fingerprint density at radius 3 is 2.50 bits per heavy atom. The minimum atomic E-state index is -0.416. The highest BCUT2D eigenvalue weighted by Gasteiger charge is 2.10. The molecule has 0 aliphatic heterocycles. The summed E-state index contributed by atoms with van der Waals surface area (Å²) in [4.78, 5) is 0. The van der Waals surface area contributed by atoms with Crippen LogP contribution in [0.2, 0.25) is 0 Å². The van der Waals surface area contributed by atoms with Crippen LogP contribution < -0.4 is 5.73 Å². The van der Waals surface area contributed by atoms with Gasteiger partial charge in [-0.2, -0.15) is 0 Å². The number of nitrogens with two attached hydrogens (primary N) is 1. The first-order chi connectivity index (χ1) is 6.56. The molecule has 0 heterocycles. The molecule has 74 valence electrons. The summed E-state index contributed by atoms with van der Waals surface area (Å²) in [6.45, 7) is 3.44. The number of allylic oxidation sites excluding steroid dienone is 2. The second-order valence-electron chi connectivity index (χ2n) is 2.72. The van der Waals surface area contributed by atoms with Crippen LogP contribution in [0.4, 0.5) is 0 Å². The molecular weight excluding hydrogens is 182 g/mol. The Morgan fingerprint density at radius 1 is 1.29 bits per heavy atom. The average Bonchev–Trinajstić information content (AvgIpc) is 2.11. The highest BCUT2D eigenvalue weighted by atomic mass is 16.3. The molecule has 0 atom stereocenters. The summed E-state index contributed by atoms with van der Waals surface area (Å²) in [7, 11) is 0. The maximum atomic E-state index is 9.40. The van der Waals surface area contributed by atoms with E-state index in [1.807, 2.05) is 0 Å². The standard InChI is InChI=1S/C10H11NO3/c1-2-3-8(11)7-4-6(12)5-9(13)10(7)14/h2-5,12-14H,1,11H2/b8-3+. The van der Waals surface area contributed by atoms with Gasteiger partial charge < -0.3 is 21.1 Å². The lowest BCUT2D eigenvalue weighted by molar-refractivity contribution is 0.395. The molecule has 0 amide bonds. The lowest BCUT2D eigenvalue weighted by Crippen LogP contribution is -1.96. The molecule has 0 aliphatic rings. The van der Waals surface area contributed by atoms with Crippen LogP contribution in [0.15, 0.2) is 30.9 Å². The first-order valence-electron chi connectivity index (χ1n) is 3.89. The summed E-state index contributed by atoms with van der Waals surface area (Å²) in [6.07, 6.45) is 2.89. The van der Waals surface area contributed by atoms with Crippen LogP contribution >= 0.6 is 0 Å². The van der Waals surface area contributed by atoms with Gasteiger partial charge in [0.2, 0.25) is 0 Å². The number of benzene rings is 1. The van der Waals surface area contributed by atoms with Crippen LogP contribution in [0.25, 0.3) is 5.70 Å². The number of hydrogen-bond acceptors (Lipinski definition) is 4. The summed E-state index contributed by atoms with van der Waals surface area (Å²) in [5.74, 6) is -0.950. The Morgan fingerprint density at radius 2 is 1.93 bits per heavy atom. The van der Waals surface area contributed by atoms with E-state index < -0.39 is 5.75 Å². The zero-order chi connectivity index (χ0) is 10.7. The van der Waals surface area contributed by atoms with Crippen LogP contribution in [0.3, 0.4) is 0 Å². The van der Waals surface area contributed by atoms with Gasteiger partial charge in [0.05, 0.1) is 0 Å². The quantitative estimate of drug-likeness (QED) is 0.324. The molecule has 0 aliphatic carbocycles. The Kier molecular flexibility index (Phi) is 2.67. The predicted molar refractivity (Wildman–Crippen MR) is 53.8 cm³/mol. The first-order valence-corrected chi connectivity index (χ1v) is 3.89. The molecule has 4 heteroatoms. The van der Waals surface area contributed by atoms with E-state index >= 15 is 0 Å². The monoisotopic (exact) mass is 193 g/mol. The van der Waals surface area contributed by atoms with E-state index in [-0.39, 0.29) is 22.8 Å². The average molecular weight is 193 g/mol. The van der Waals surface area contributed by atoms with Crippen molar-refractivity contribution in [2.24, 2.45) is 5.73 Å². The molecule has 5 N–H and O–H groups in total. The van der Waals surface area contributed by atoms with E-state index in [1.165, 1.54) is 18.2 Å². The molecule has 0 saturated heterocycles. The Labute approximate surface area is 81.2 Å². The normalized spacial score (nSPS) is 11.3. The smallest absolute Gasteiger partial charge is 0.167 e. The van der Waals surface area contributed by atoms with Crippen LogP contribution in [0, 0.1) is 0 Å². The second-order valence-corrected chi connectivity index (χ2v) is 2.72. The fourth-order valence-corrected chi connectivity index (χ4v) is 1.04. The molecular formula is C10H11NO3. The van der Waals surface area contributed by atoms with Gasteiger partial charge in [0.1, 0.15) is 5.75 Å². The van der Waals surface area contributed by atoms with Crippen molar-refractivity contribution in [3.63, 3.8) is 0 Å². The maximum absolute atomic E-state index is 9.40. The first kappa shape index (κ1) is 9.98. The number of phenols is 3. The zero-order valence-corrected chi connectivity index (χ0v) is 7.44. The summed E-state index contributed by atoms with van der Waals surface area (Å²) in [5.41, 5.74) is 5.93. The van der Waals surface area contributed by atoms with Crippen molar-refractivity contribution in [1.82, 2.24) is 0 Å². The number of hydrogen-bond donors (Lipinski definition) is 4. The van der Waals surface area contributed by atoms with Crippen molar-refractivity contribution in [2.75, 3.05) is 0 Å². The van der Waals surface area contributed by atoms with Crippen molar-refractivity contribution < 1.29 is 15.3 Å². The lowest BCUT2D eigenvalue weighted by Gasteiger charge is -2.06. The summed E-state index contributed by atoms with van der Waals surface area (Å²) in [5, 5.41) is 27.7. The van der Waals surface area contributed by atoms with Gasteiger partial charge >= 0.3 is 0 Å². The van der Waals surface area contributed by atoms with Gasteiger partial charge in [-0.3, -0.25) is 0 Å². The maximum Gasteiger partial charge on any atom is 0.167 e. The Balaban J connectivity index is 3.34. The molecule has 0 aromatic heterocycles. The zero-order valence-electron chi connectivity index (χ0n) is 7.44. The van der Waals surface area contributed by atoms with E-state index in [9.17, 15) is 10.2 Å². The van der Waals surface area contributed by atoms with E-state index in [0.717, 1.165) is 6.07 Å². The molecule has 1 rings (SSSR count). The number of aromatic hydroxyl groups is 3. The molecule has 0 saturated carbocycles. The van der Waals surface area contributed by atoms with Gasteiger partial charge in [-0.05, 0) is 12.1 Å². The van der Waals surface area contributed by atoms with Crippen LogP contribution in [0.1, 0.15) is 5.56 Å². The fourth-order valence-electron chi connectivity index (χ4n) is 1.04. The van der Waals surface area contributed by atoms with Crippen LogP contribution in [0.5, 0.6) is 17.2 Å². The Hall–Kier alpha value is -2.10. The van der Waals surface area contributed by atoms with E-state index in [0.29, 0.717) is 0 Å². The summed E-state index contributed by atoms with van der Waals surface area (Å²) < 4.78 is 0. The van der Waals surface area contributed by atoms with Crippen molar-refractivity contribution >= 4 is 5.70 Å². The van der Waals surface area contributed by atoms with Gasteiger partial charge in [-0.1, -0.05) is 12.7 Å². The third-order valence-corrected chi connectivity index (χ3v) is 1.68. The molecule has 0 fully saturated rings. The molecule has 0 radical (unpaired) electrons. The topological polar surface area (TPSA) is 86.7 Å². The molecule has 0 spiro atoms. The SMILES string of the molecule is C=C/C=C(/N)c1cc(O)cc(O)c1O. The minimum absolute atomic E-state index is 0.169. The molecule has 14 heavy (non-hydrogen) atoms. The lowest BCUT2D eigenvalue weighted by atomic mass is 10.1. The van der Waals surface area contributed by atoms with Gasteiger partial charge in [-0.15, -0.1) is 0 Å². The third kappa shape index (κ3) is 1.80. The van der Waals surface area contributed by atoms with Gasteiger partial charge in [0.15, 0.2) is 11.5 Å². The predicted octanol–water partition coefficient (Wildman–Crippen LogP) is 1.29. The Bertz CT molecular complexity index is 397. The van der Waals surface area contributed by atoms with Crippen molar-refractivity contribution in [2.45, 2.75) is 0 Å². The van der Waals surface area contributed by atoms with E-state index in [1.54, 1.807) is 0 Å². The van der Waals surface area contributed by atoms with Gasteiger partial charge in [-0.25, -0.2) is 0 Å². The number of phenolic OH excluding ortho intramolecular Hbond substituents is 3. The van der Waals surface area contributed by atoms with Crippen molar-refractivity contribution in [3.05, 3.63) is 36.4 Å². The van der Waals surface area contributed by atoms with E-state index in [2.05, 4.69) is 6.58 Å². The fraction of sp³-hybridized carbons (Fsp3) is 0. The summed E-state index contributed by atoms with van der Waals surface area (Å²) >= 11 is 0. The van der Waals surface area contributed by atoms with Crippen LogP contribution in [-0.4, -0.2) is 15.3 Å². The highest BCUT2D eigenvalue weighted by molar-refractivity contribution is 5.72. The van der Waals surface area contributed by atoms with Crippen molar-refractivity contribution in [3.8, 4) is 17.2 Å². The number of rotatable bonds is 2. The van der Waals surface area contributed by atoms with Crippen molar-refractivity contribution in [1.29, 1.82) is 0 Å². The summed E-state index contributed by atoms with van der Waals surface area (Å²) in [6, 6.07) is 2.28. The molecule has 0 bridgehead atoms. The third-order valence-electron chi connectivity index (χ3n) is 1.68. The van der Waals surface area contributed by atoms with Crippen LogP contribution in [-0.2, 0) is 0 Å². The van der Waals surface area contributed by atoms with Gasteiger partial charge in [0, 0.05) is 17.3 Å². The molecule has 4 nitrogen and oxygen atoms in total. The largest absolute Gasteiger partial charge is 0.508 e. The molecule has 0 unspecified atom stereocenters. The van der Waals surface area contributed by atoms with E-state index in [4.69, 9.17) is 10.8 Å². The van der Waals surface area contributed by atoms with Gasteiger partial charge in [0.25, 0.3) is 0 Å². The molecule has 1 aromatic carbocycles. The second kappa shape index (κ2) is 3.74. The highest BCUT2D eigenvalue weighted by Crippen LogP contribution is 2.35. The molecule has 1 aromatic rings.